The average molecular weight is 270 g/mol. The molecule has 1 heterocycles. The lowest BCUT2D eigenvalue weighted by Gasteiger charge is -2.05. The number of rotatable bonds is 3. The minimum atomic E-state index is -0.233. The molecule has 0 aliphatic heterocycles. The highest BCUT2D eigenvalue weighted by molar-refractivity contribution is 6.07. The number of H-pyrrole nitrogens is 1. The summed E-state index contributed by atoms with van der Waals surface area (Å²) in [6, 6.07) is 7.59. The van der Waals surface area contributed by atoms with E-state index in [9.17, 15) is 9.59 Å². The predicted molar refractivity (Wildman–Crippen MR) is 79.4 cm³/mol. The van der Waals surface area contributed by atoms with E-state index in [0.717, 1.165) is 16.9 Å². The summed E-state index contributed by atoms with van der Waals surface area (Å²) in [5.41, 5.74) is 4.27. The molecule has 2 rings (SSSR count). The smallest absolute Gasteiger partial charge is 0.272 e. The fraction of sp³-hybridized carbons (Fsp3) is 0.250. The van der Waals surface area contributed by atoms with Gasteiger partial charge in [-0.2, -0.15) is 0 Å². The number of Topliss-reactive ketones (excluding diaryl/α,β-unsaturated/α-hetero) is 1. The zero-order valence-corrected chi connectivity index (χ0v) is 12.1. The van der Waals surface area contributed by atoms with Crippen LogP contribution in [0.25, 0.3) is 0 Å². The fourth-order valence-corrected chi connectivity index (χ4v) is 2.42. The van der Waals surface area contributed by atoms with Crippen molar-refractivity contribution in [1.82, 2.24) is 4.98 Å². The topological polar surface area (TPSA) is 62.0 Å². The molecule has 1 amide bonds. The number of anilines is 1. The summed E-state index contributed by atoms with van der Waals surface area (Å²) in [7, 11) is 0. The van der Waals surface area contributed by atoms with E-state index in [1.54, 1.807) is 13.8 Å². The Labute approximate surface area is 118 Å². The van der Waals surface area contributed by atoms with Crippen LogP contribution in [0.1, 0.15) is 44.6 Å². The molecular weight excluding hydrogens is 252 g/mol. The highest BCUT2D eigenvalue weighted by Gasteiger charge is 2.19. The maximum atomic E-state index is 12.3. The number of hydrogen-bond donors (Lipinski definition) is 2. The molecule has 0 bridgehead atoms. The molecule has 0 saturated heterocycles. The zero-order valence-electron chi connectivity index (χ0n) is 12.1. The van der Waals surface area contributed by atoms with Crippen molar-refractivity contribution >= 4 is 17.4 Å². The predicted octanol–water partition coefficient (Wildman–Crippen LogP) is 3.39. The molecule has 0 unspecified atom stereocenters. The monoisotopic (exact) mass is 270 g/mol. The molecule has 0 spiro atoms. The van der Waals surface area contributed by atoms with Gasteiger partial charge in [0, 0.05) is 16.9 Å². The van der Waals surface area contributed by atoms with Crippen LogP contribution in [0.2, 0.25) is 0 Å². The summed E-state index contributed by atoms with van der Waals surface area (Å²) >= 11 is 0. The number of hydrogen-bond acceptors (Lipinski definition) is 2. The molecule has 4 nitrogen and oxygen atoms in total. The molecule has 0 saturated carbocycles. The Balaban J connectivity index is 2.31. The number of benzene rings is 1. The largest absolute Gasteiger partial charge is 0.354 e. The SMILES string of the molecule is CC(=O)c1c(C)[nH]c(C(=O)Nc2cccc(C)c2)c1C. The van der Waals surface area contributed by atoms with Gasteiger partial charge in [-0.1, -0.05) is 12.1 Å². The van der Waals surface area contributed by atoms with E-state index in [4.69, 9.17) is 0 Å². The molecule has 2 aromatic rings. The minimum absolute atomic E-state index is 0.0362. The number of carbonyl (C=O) groups is 2. The van der Waals surface area contributed by atoms with Gasteiger partial charge in [0.25, 0.3) is 5.91 Å². The first-order valence-electron chi connectivity index (χ1n) is 6.48. The number of nitrogens with one attached hydrogen (secondary N) is 2. The summed E-state index contributed by atoms with van der Waals surface area (Å²) in [5.74, 6) is -0.269. The molecule has 0 fully saturated rings. The Morgan fingerprint density at radius 1 is 1.15 bits per heavy atom. The Morgan fingerprint density at radius 2 is 1.85 bits per heavy atom. The Bertz CT molecular complexity index is 684. The Hall–Kier alpha value is -2.36. The van der Waals surface area contributed by atoms with Gasteiger partial charge in [0.05, 0.1) is 0 Å². The van der Waals surface area contributed by atoms with Crippen LogP contribution in [0.15, 0.2) is 24.3 Å². The lowest BCUT2D eigenvalue weighted by molar-refractivity contribution is 0.101. The van der Waals surface area contributed by atoms with Gasteiger partial charge in [0.2, 0.25) is 0 Å². The van der Waals surface area contributed by atoms with E-state index in [1.165, 1.54) is 6.92 Å². The molecular formula is C16H18N2O2. The number of carbonyl (C=O) groups excluding carboxylic acids is 2. The summed E-state index contributed by atoms with van der Waals surface area (Å²) in [4.78, 5) is 26.9. The first kappa shape index (κ1) is 14.1. The first-order valence-corrected chi connectivity index (χ1v) is 6.48. The van der Waals surface area contributed by atoms with Gasteiger partial charge in [0.15, 0.2) is 5.78 Å². The van der Waals surface area contributed by atoms with Crippen molar-refractivity contribution in [2.75, 3.05) is 5.32 Å². The van der Waals surface area contributed by atoms with Gasteiger partial charge in [-0.3, -0.25) is 9.59 Å². The Kier molecular flexibility index (Phi) is 3.74. The molecule has 1 aromatic carbocycles. The van der Waals surface area contributed by atoms with E-state index in [1.807, 2.05) is 31.2 Å². The molecule has 0 aliphatic rings. The second kappa shape index (κ2) is 5.33. The fourth-order valence-electron chi connectivity index (χ4n) is 2.42. The van der Waals surface area contributed by atoms with Crippen LogP contribution < -0.4 is 5.32 Å². The van der Waals surface area contributed by atoms with Crippen LogP contribution in [-0.4, -0.2) is 16.7 Å². The van der Waals surface area contributed by atoms with E-state index in [-0.39, 0.29) is 11.7 Å². The van der Waals surface area contributed by atoms with E-state index < -0.39 is 0 Å². The van der Waals surface area contributed by atoms with E-state index >= 15 is 0 Å². The number of amides is 1. The summed E-state index contributed by atoms with van der Waals surface area (Å²) in [5, 5.41) is 2.84. The average Bonchev–Trinajstić information content (AvgIpc) is 2.64. The third-order valence-corrected chi connectivity index (χ3v) is 3.29. The lowest BCUT2D eigenvalue weighted by Crippen LogP contribution is -2.14. The Morgan fingerprint density at radius 3 is 2.40 bits per heavy atom. The molecule has 0 radical (unpaired) electrons. The molecule has 0 atom stereocenters. The second-order valence-electron chi connectivity index (χ2n) is 5.00. The maximum Gasteiger partial charge on any atom is 0.272 e. The van der Waals surface area contributed by atoms with Crippen molar-refractivity contribution in [2.24, 2.45) is 0 Å². The van der Waals surface area contributed by atoms with Gasteiger partial charge in [0.1, 0.15) is 5.69 Å². The van der Waals surface area contributed by atoms with Crippen LogP contribution in [0.3, 0.4) is 0 Å². The number of aryl methyl sites for hydroxylation is 2. The van der Waals surface area contributed by atoms with Crippen molar-refractivity contribution in [3.8, 4) is 0 Å². The van der Waals surface area contributed by atoms with Crippen molar-refractivity contribution in [3.05, 3.63) is 52.3 Å². The molecule has 104 valence electrons. The second-order valence-corrected chi connectivity index (χ2v) is 5.00. The van der Waals surface area contributed by atoms with Crippen molar-refractivity contribution < 1.29 is 9.59 Å². The van der Waals surface area contributed by atoms with E-state index in [0.29, 0.717) is 16.8 Å². The van der Waals surface area contributed by atoms with Crippen molar-refractivity contribution in [1.29, 1.82) is 0 Å². The molecule has 20 heavy (non-hydrogen) atoms. The quantitative estimate of drug-likeness (QED) is 0.840. The minimum Gasteiger partial charge on any atom is -0.354 e. The van der Waals surface area contributed by atoms with Gasteiger partial charge in [-0.05, 0) is 51.0 Å². The molecule has 4 heteroatoms. The summed E-state index contributed by atoms with van der Waals surface area (Å²) in [6.45, 7) is 7.05. The highest BCUT2D eigenvalue weighted by atomic mass is 16.2. The third-order valence-electron chi connectivity index (χ3n) is 3.29. The standard InChI is InChI=1S/C16H18N2O2/c1-9-6-5-7-13(8-9)18-16(20)15-10(2)14(12(4)19)11(3)17-15/h5-8,17H,1-4H3,(H,18,20). The van der Waals surface area contributed by atoms with Gasteiger partial charge >= 0.3 is 0 Å². The van der Waals surface area contributed by atoms with Gasteiger partial charge in [-0.25, -0.2) is 0 Å². The zero-order chi connectivity index (χ0) is 14.9. The maximum absolute atomic E-state index is 12.3. The normalized spacial score (nSPS) is 10.4. The van der Waals surface area contributed by atoms with Gasteiger partial charge < -0.3 is 10.3 Å². The number of aromatic amines is 1. The first-order chi connectivity index (χ1) is 9.40. The van der Waals surface area contributed by atoms with Crippen molar-refractivity contribution in [3.63, 3.8) is 0 Å². The van der Waals surface area contributed by atoms with Crippen LogP contribution in [-0.2, 0) is 0 Å². The van der Waals surface area contributed by atoms with Crippen LogP contribution in [0, 0.1) is 20.8 Å². The molecule has 1 aromatic heterocycles. The van der Waals surface area contributed by atoms with Crippen LogP contribution in [0.5, 0.6) is 0 Å². The van der Waals surface area contributed by atoms with Crippen LogP contribution >= 0.6 is 0 Å². The van der Waals surface area contributed by atoms with Gasteiger partial charge in [-0.15, -0.1) is 0 Å². The van der Waals surface area contributed by atoms with Crippen molar-refractivity contribution in [2.45, 2.75) is 27.7 Å². The number of ketones is 1. The third kappa shape index (κ3) is 2.64. The summed E-state index contributed by atoms with van der Waals surface area (Å²) < 4.78 is 0. The summed E-state index contributed by atoms with van der Waals surface area (Å²) in [6.07, 6.45) is 0. The molecule has 2 N–H and O–H groups in total. The number of aromatic nitrogens is 1. The van der Waals surface area contributed by atoms with Crippen LogP contribution in [0.4, 0.5) is 5.69 Å². The lowest BCUT2D eigenvalue weighted by atomic mass is 10.1. The molecule has 0 aliphatic carbocycles. The van der Waals surface area contributed by atoms with E-state index in [2.05, 4.69) is 10.3 Å². The highest BCUT2D eigenvalue weighted by Crippen LogP contribution is 2.20.